The molecule has 70 valence electrons. The Kier molecular flexibility index (Phi) is 3.80. The van der Waals surface area contributed by atoms with Gasteiger partial charge in [0.25, 0.3) is 0 Å². The first-order valence-electron chi connectivity index (χ1n) is 5.13. The first kappa shape index (κ1) is 9.79. The smallest absolute Gasteiger partial charge is 0.0193 e. The fraction of sp³-hybridized carbons (Fsp3) is 0.818. The first-order valence-corrected chi connectivity index (χ1v) is 5.13. The summed E-state index contributed by atoms with van der Waals surface area (Å²) in [4.78, 5) is 2.60. The zero-order chi connectivity index (χ0) is 8.97. The lowest BCUT2D eigenvalue weighted by atomic mass is 10.1. The van der Waals surface area contributed by atoms with Crippen molar-refractivity contribution in [2.45, 2.75) is 46.1 Å². The van der Waals surface area contributed by atoms with E-state index >= 15 is 0 Å². The van der Waals surface area contributed by atoms with Crippen LogP contribution in [0.2, 0.25) is 0 Å². The van der Waals surface area contributed by atoms with Crippen LogP contribution in [0.1, 0.15) is 40.0 Å². The molecule has 1 unspecified atom stereocenters. The molecule has 1 aliphatic rings. The monoisotopic (exact) mass is 167 g/mol. The third-order valence-electron chi connectivity index (χ3n) is 2.69. The van der Waals surface area contributed by atoms with E-state index in [9.17, 15) is 0 Å². The third-order valence-corrected chi connectivity index (χ3v) is 2.69. The van der Waals surface area contributed by atoms with Crippen molar-refractivity contribution in [3.8, 4) is 0 Å². The lowest BCUT2D eigenvalue weighted by Crippen LogP contribution is -2.36. The van der Waals surface area contributed by atoms with Crippen molar-refractivity contribution < 1.29 is 0 Å². The summed E-state index contributed by atoms with van der Waals surface area (Å²) in [6, 6.07) is 0.777. The minimum Gasteiger partial charge on any atom is -0.296 e. The molecule has 0 aliphatic carbocycles. The van der Waals surface area contributed by atoms with Gasteiger partial charge in [-0.1, -0.05) is 25.0 Å². The molecular weight excluding hydrogens is 146 g/mol. The first-order chi connectivity index (χ1) is 5.74. The van der Waals surface area contributed by atoms with Crippen molar-refractivity contribution in [3.05, 3.63) is 11.6 Å². The lowest BCUT2D eigenvalue weighted by Gasteiger charge is -2.31. The van der Waals surface area contributed by atoms with Gasteiger partial charge in [0.05, 0.1) is 0 Å². The molecule has 0 aromatic rings. The highest BCUT2D eigenvalue weighted by Gasteiger charge is 2.14. The highest BCUT2D eigenvalue weighted by atomic mass is 15.1. The standard InChI is InChI=1S/C11H21N/c1-4-6-11(3)12-8-5-7-10(2)9-12/h7,11H,4-6,8-9H2,1-3H3. The molecule has 0 aromatic carbocycles. The maximum atomic E-state index is 2.60. The summed E-state index contributed by atoms with van der Waals surface area (Å²) in [6.07, 6.45) is 6.27. The van der Waals surface area contributed by atoms with Gasteiger partial charge in [-0.3, -0.25) is 4.90 Å². The Morgan fingerprint density at radius 3 is 2.92 bits per heavy atom. The summed E-state index contributed by atoms with van der Waals surface area (Å²) < 4.78 is 0. The van der Waals surface area contributed by atoms with E-state index in [0.717, 1.165) is 6.04 Å². The fourth-order valence-electron chi connectivity index (χ4n) is 1.92. The van der Waals surface area contributed by atoms with Crippen LogP contribution in [0.3, 0.4) is 0 Å². The predicted molar refractivity (Wildman–Crippen MR) is 54.3 cm³/mol. The molecule has 1 heterocycles. The molecule has 0 bridgehead atoms. The Labute approximate surface area is 76.5 Å². The van der Waals surface area contributed by atoms with Crippen LogP contribution < -0.4 is 0 Å². The minimum absolute atomic E-state index is 0.777. The van der Waals surface area contributed by atoms with Gasteiger partial charge < -0.3 is 0 Å². The quantitative estimate of drug-likeness (QED) is 0.584. The number of nitrogens with zero attached hydrogens (tertiary/aromatic N) is 1. The van der Waals surface area contributed by atoms with Crippen molar-refractivity contribution >= 4 is 0 Å². The minimum atomic E-state index is 0.777. The molecular formula is C11H21N. The zero-order valence-electron chi connectivity index (χ0n) is 8.64. The lowest BCUT2D eigenvalue weighted by molar-refractivity contribution is 0.211. The maximum absolute atomic E-state index is 2.60. The van der Waals surface area contributed by atoms with Gasteiger partial charge in [-0.2, -0.15) is 0 Å². The van der Waals surface area contributed by atoms with Gasteiger partial charge in [0.1, 0.15) is 0 Å². The third kappa shape index (κ3) is 2.63. The van der Waals surface area contributed by atoms with Crippen LogP contribution >= 0.6 is 0 Å². The largest absolute Gasteiger partial charge is 0.296 e. The molecule has 1 atom stereocenters. The van der Waals surface area contributed by atoms with Crippen LogP contribution in [-0.4, -0.2) is 24.0 Å². The number of hydrogen-bond donors (Lipinski definition) is 0. The Morgan fingerprint density at radius 2 is 2.33 bits per heavy atom. The molecule has 0 saturated carbocycles. The molecule has 12 heavy (non-hydrogen) atoms. The van der Waals surface area contributed by atoms with Gasteiger partial charge in [0.15, 0.2) is 0 Å². The predicted octanol–water partition coefficient (Wildman–Crippen LogP) is 2.83. The van der Waals surface area contributed by atoms with E-state index < -0.39 is 0 Å². The molecule has 0 saturated heterocycles. The topological polar surface area (TPSA) is 3.24 Å². The zero-order valence-corrected chi connectivity index (χ0v) is 8.64. The summed E-state index contributed by atoms with van der Waals surface area (Å²) in [5.74, 6) is 0. The van der Waals surface area contributed by atoms with E-state index in [4.69, 9.17) is 0 Å². The molecule has 0 amide bonds. The Bertz CT molecular complexity index is 160. The normalized spacial score (nSPS) is 22.1. The van der Waals surface area contributed by atoms with Gasteiger partial charge >= 0.3 is 0 Å². The summed E-state index contributed by atoms with van der Waals surface area (Å²) in [7, 11) is 0. The Hall–Kier alpha value is -0.300. The van der Waals surface area contributed by atoms with E-state index in [1.807, 2.05) is 0 Å². The SMILES string of the molecule is CCCC(C)N1CCC=C(C)C1. The van der Waals surface area contributed by atoms with E-state index in [1.165, 1.54) is 32.4 Å². The molecule has 1 nitrogen and oxygen atoms in total. The summed E-state index contributed by atoms with van der Waals surface area (Å²) >= 11 is 0. The molecule has 1 rings (SSSR count). The Morgan fingerprint density at radius 1 is 1.58 bits per heavy atom. The second-order valence-corrected chi connectivity index (χ2v) is 3.95. The van der Waals surface area contributed by atoms with Gasteiger partial charge in [0, 0.05) is 19.1 Å². The van der Waals surface area contributed by atoms with E-state index in [2.05, 4.69) is 31.7 Å². The summed E-state index contributed by atoms with van der Waals surface area (Å²) in [5.41, 5.74) is 1.55. The van der Waals surface area contributed by atoms with Crippen molar-refractivity contribution in [1.82, 2.24) is 4.90 Å². The van der Waals surface area contributed by atoms with Crippen LogP contribution in [0, 0.1) is 0 Å². The van der Waals surface area contributed by atoms with E-state index in [1.54, 1.807) is 5.57 Å². The van der Waals surface area contributed by atoms with E-state index in [0.29, 0.717) is 0 Å². The maximum Gasteiger partial charge on any atom is 0.0193 e. The number of hydrogen-bond acceptors (Lipinski definition) is 1. The van der Waals surface area contributed by atoms with Crippen molar-refractivity contribution in [2.75, 3.05) is 13.1 Å². The van der Waals surface area contributed by atoms with E-state index in [-0.39, 0.29) is 0 Å². The average Bonchev–Trinajstić information content (AvgIpc) is 2.05. The van der Waals surface area contributed by atoms with Crippen molar-refractivity contribution in [1.29, 1.82) is 0 Å². The van der Waals surface area contributed by atoms with Crippen molar-refractivity contribution in [3.63, 3.8) is 0 Å². The van der Waals surface area contributed by atoms with Gasteiger partial charge in [0.2, 0.25) is 0 Å². The highest BCUT2D eigenvalue weighted by molar-refractivity contribution is 5.05. The Balaban J connectivity index is 2.37. The molecule has 0 radical (unpaired) electrons. The van der Waals surface area contributed by atoms with Crippen LogP contribution in [0.25, 0.3) is 0 Å². The van der Waals surface area contributed by atoms with Crippen LogP contribution in [0.5, 0.6) is 0 Å². The molecule has 1 heteroatoms. The van der Waals surface area contributed by atoms with Crippen LogP contribution in [-0.2, 0) is 0 Å². The number of rotatable bonds is 3. The van der Waals surface area contributed by atoms with Crippen LogP contribution in [0.4, 0.5) is 0 Å². The van der Waals surface area contributed by atoms with Crippen LogP contribution in [0.15, 0.2) is 11.6 Å². The second kappa shape index (κ2) is 4.66. The summed E-state index contributed by atoms with van der Waals surface area (Å²) in [6.45, 7) is 9.32. The van der Waals surface area contributed by atoms with Crippen molar-refractivity contribution in [2.24, 2.45) is 0 Å². The highest BCUT2D eigenvalue weighted by Crippen LogP contribution is 2.14. The molecule has 0 aromatic heterocycles. The van der Waals surface area contributed by atoms with Gasteiger partial charge in [-0.15, -0.1) is 0 Å². The average molecular weight is 167 g/mol. The van der Waals surface area contributed by atoms with Gasteiger partial charge in [-0.25, -0.2) is 0 Å². The molecule has 0 fully saturated rings. The molecule has 1 aliphatic heterocycles. The molecule has 0 spiro atoms. The fourth-order valence-corrected chi connectivity index (χ4v) is 1.92. The second-order valence-electron chi connectivity index (χ2n) is 3.95. The molecule has 0 N–H and O–H groups in total. The van der Waals surface area contributed by atoms with Gasteiger partial charge in [-0.05, 0) is 26.7 Å². The summed E-state index contributed by atoms with van der Waals surface area (Å²) in [5, 5.41) is 0.